The molecular formula is C58H32OS. The molecule has 276 valence electrons. The summed E-state index contributed by atoms with van der Waals surface area (Å²) < 4.78 is 9.37. The molecule has 0 bridgehead atoms. The molecule has 13 aromatic rings. The van der Waals surface area contributed by atoms with E-state index in [1.54, 1.807) is 0 Å². The molecule has 0 radical (unpaired) electrons. The Morgan fingerprint density at radius 2 is 0.750 bits per heavy atom. The summed E-state index contributed by atoms with van der Waals surface area (Å²) in [5.41, 5.74) is 11.5. The highest BCUT2D eigenvalue weighted by molar-refractivity contribution is 7.25. The summed E-state index contributed by atoms with van der Waals surface area (Å²) in [5.74, 6) is 0. The monoisotopic (exact) mass is 776 g/mol. The number of hydrogen-bond acceptors (Lipinski definition) is 2. The van der Waals surface area contributed by atoms with Gasteiger partial charge in [-0.15, -0.1) is 11.3 Å². The number of furan rings is 1. The maximum atomic E-state index is 6.89. The highest BCUT2D eigenvalue weighted by atomic mass is 32.1. The summed E-state index contributed by atoms with van der Waals surface area (Å²) in [6.07, 6.45) is 0. The van der Waals surface area contributed by atoms with Gasteiger partial charge >= 0.3 is 0 Å². The van der Waals surface area contributed by atoms with Gasteiger partial charge in [0.2, 0.25) is 0 Å². The molecule has 0 aliphatic heterocycles. The topological polar surface area (TPSA) is 13.1 Å². The second-order valence-electron chi connectivity index (χ2n) is 15.6. The van der Waals surface area contributed by atoms with Crippen molar-refractivity contribution in [2.24, 2.45) is 0 Å². The van der Waals surface area contributed by atoms with E-state index in [1.165, 1.54) is 96.8 Å². The fourth-order valence-electron chi connectivity index (χ4n) is 10.2. The van der Waals surface area contributed by atoms with Gasteiger partial charge < -0.3 is 4.42 Å². The van der Waals surface area contributed by atoms with Crippen molar-refractivity contribution in [3.8, 4) is 44.5 Å². The summed E-state index contributed by atoms with van der Waals surface area (Å²) in [6, 6.07) is 77.3. The van der Waals surface area contributed by atoms with Crippen molar-refractivity contribution in [3.05, 3.63) is 206 Å². The average molecular weight is 777 g/mol. The van der Waals surface area contributed by atoms with Gasteiger partial charge in [-0.3, -0.25) is 0 Å². The van der Waals surface area contributed by atoms with Gasteiger partial charge in [0.25, 0.3) is 0 Å². The van der Waals surface area contributed by atoms with Crippen molar-refractivity contribution in [3.63, 3.8) is 0 Å². The van der Waals surface area contributed by atoms with E-state index < -0.39 is 0 Å². The van der Waals surface area contributed by atoms with Gasteiger partial charge in [-0.2, -0.15) is 0 Å². The summed E-state index contributed by atoms with van der Waals surface area (Å²) in [7, 11) is 0. The minimum absolute atomic E-state index is 0.878. The van der Waals surface area contributed by atoms with E-state index >= 15 is 0 Å². The van der Waals surface area contributed by atoms with Crippen molar-refractivity contribution in [2.45, 2.75) is 0 Å². The zero-order chi connectivity index (χ0) is 39.3. The van der Waals surface area contributed by atoms with Gasteiger partial charge in [-0.05, 0) is 118 Å². The van der Waals surface area contributed by atoms with Crippen LogP contribution in [0.5, 0.6) is 0 Å². The van der Waals surface area contributed by atoms with Gasteiger partial charge in [0.1, 0.15) is 11.2 Å². The molecule has 0 saturated heterocycles. The number of hydrogen-bond donors (Lipinski definition) is 0. The third kappa shape index (κ3) is 4.70. The predicted octanol–water partition coefficient (Wildman–Crippen LogP) is 16.8. The molecule has 0 aliphatic rings. The third-order valence-electron chi connectivity index (χ3n) is 12.5. The number of thiophene rings is 1. The molecule has 0 N–H and O–H groups in total. The lowest BCUT2D eigenvalue weighted by molar-refractivity contribution is 0.669. The largest absolute Gasteiger partial charge is 0.456 e. The van der Waals surface area contributed by atoms with E-state index in [0.29, 0.717) is 0 Å². The molecule has 0 unspecified atom stereocenters. The molecule has 2 heteroatoms. The summed E-state index contributed by atoms with van der Waals surface area (Å²) in [5, 5.41) is 14.4. The van der Waals surface area contributed by atoms with E-state index in [1.807, 2.05) is 17.4 Å². The number of benzene rings is 10. The van der Waals surface area contributed by atoms with Crippen molar-refractivity contribution in [2.75, 3.05) is 0 Å². The maximum absolute atomic E-state index is 6.89. The SMILES string of the molecule is c1ccc2sc3cccc(-c4c5ccccc5c(-c5cccc6oc7cccc(-c8c9ccccc9c(-c9ccccc9)c9ccccc89)c7c56)c5ccccc45)c3c2c#1. The van der Waals surface area contributed by atoms with Crippen LogP contribution >= 0.6 is 11.3 Å². The fraction of sp³-hybridized carbons (Fsp3) is 0. The van der Waals surface area contributed by atoms with E-state index in [-0.39, 0.29) is 0 Å². The Kier molecular flexibility index (Phi) is 7.16. The van der Waals surface area contributed by atoms with Gasteiger partial charge in [0, 0.05) is 25.6 Å². The highest BCUT2D eigenvalue weighted by Crippen LogP contribution is 2.52. The zero-order valence-electron chi connectivity index (χ0n) is 32.3. The molecule has 1 nitrogen and oxygen atoms in total. The van der Waals surface area contributed by atoms with E-state index in [4.69, 9.17) is 4.42 Å². The van der Waals surface area contributed by atoms with Crippen LogP contribution < -0.4 is 0 Å². The molecule has 0 spiro atoms. The molecule has 0 fully saturated rings. The molecular weight excluding hydrogens is 745 g/mol. The van der Waals surface area contributed by atoms with E-state index in [2.05, 4.69) is 200 Å². The van der Waals surface area contributed by atoms with Crippen LogP contribution in [0.3, 0.4) is 0 Å². The first kappa shape index (κ1) is 33.3. The Hall–Kier alpha value is -7.70. The molecule has 0 aliphatic carbocycles. The lowest BCUT2D eigenvalue weighted by Crippen LogP contribution is -1.92. The fourth-order valence-corrected chi connectivity index (χ4v) is 11.3. The quantitative estimate of drug-likeness (QED) is 0.162. The summed E-state index contributed by atoms with van der Waals surface area (Å²) >= 11 is 1.82. The minimum atomic E-state index is 0.878. The molecule has 0 atom stereocenters. The maximum Gasteiger partial charge on any atom is 0.136 e. The second-order valence-corrected chi connectivity index (χ2v) is 16.7. The highest BCUT2D eigenvalue weighted by Gasteiger charge is 2.25. The van der Waals surface area contributed by atoms with Crippen LogP contribution in [0.1, 0.15) is 0 Å². The third-order valence-corrected chi connectivity index (χ3v) is 13.6. The van der Waals surface area contributed by atoms with Crippen LogP contribution in [0.2, 0.25) is 0 Å². The molecule has 11 aromatic carbocycles. The lowest BCUT2D eigenvalue weighted by atomic mass is 9.83. The van der Waals surface area contributed by atoms with Crippen molar-refractivity contribution >= 4 is 96.5 Å². The van der Waals surface area contributed by atoms with Crippen LogP contribution in [0, 0.1) is 12.1 Å². The summed E-state index contributed by atoms with van der Waals surface area (Å²) in [6.45, 7) is 0. The van der Waals surface area contributed by atoms with Crippen LogP contribution in [0.15, 0.2) is 199 Å². The lowest BCUT2D eigenvalue weighted by Gasteiger charge is -2.19. The first-order valence-electron chi connectivity index (χ1n) is 20.4. The van der Waals surface area contributed by atoms with Crippen LogP contribution in [0.25, 0.3) is 130 Å². The summed E-state index contributed by atoms with van der Waals surface area (Å²) in [4.78, 5) is 0. The molecule has 0 saturated carbocycles. The normalized spacial score (nSPS) is 11.9. The number of fused-ring (bicyclic) bond motifs is 10. The van der Waals surface area contributed by atoms with E-state index in [0.717, 1.165) is 32.9 Å². The van der Waals surface area contributed by atoms with Crippen LogP contribution in [-0.4, -0.2) is 0 Å². The predicted molar refractivity (Wildman–Crippen MR) is 256 cm³/mol. The zero-order valence-corrected chi connectivity index (χ0v) is 33.1. The Morgan fingerprint density at radius 3 is 1.23 bits per heavy atom. The number of rotatable bonds is 4. The van der Waals surface area contributed by atoms with E-state index in [9.17, 15) is 0 Å². The van der Waals surface area contributed by atoms with Gasteiger partial charge in [0.05, 0.1) is 5.39 Å². The first-order chi connectivity index (χ1) is 29.8. The molecule has 0 amide bonds. The Balaban J connectivity index is 1.16. The van der Waals surface area contributed by atoms with Gasteiger partial charge in [-0.1, -0.05) is 176 Å². The Morgan fingerprint density at radius 1 is 0.333 bits per heavy atom. The second kappa shape index (κ2) is 12.9. The molecule has 2 aromatic heterocycles. The van der Waals surface area contributed by atoms with Gasteiger partial charge in [0.15, 0.2) is 0 Å². The van der Waals surface area contributed by atoms with Gasteiger partial charge in [-0.25, -0.2) is 0 Å². The minimum Gasteiger partial charge on any atom is -0.456 e. The first-order valence-corrected chi connectivity index (χ1v) is 21.2. The molecule has 13 rings (SSSR count). The Labute approximate surface area is 350 Å². The van der Waals surface area contributed by atoms with Crippen molar-refractivity contribution in [1.82, 2.24) is 0 Å². The average Bonchev–Trinajstić information content (AvgIpc) is 3.89. The Bertz CT molecular complexity index is 3770. The smallest absolute Gasteiger partial charge is 0.136 e. The van der Waals surface area contributed by atoms with Crippen molar-refractivity contribution < 1.29 is 4.42 Å². The van der Waals surface area contributed by atoms with Crippen LogP contribution in [-0.2, 0) is 0 Å². The molecule has 60 heavy (non-hydrogen) atoms. The van der Waals surface area contributed by atoms with Crippen molar-refractivity contribution in [1.29, 1.82) is 0 Å². The van der Waals surface area contributed by atoms with Crippen LogP contribution in [0.4, 0.5) is 0 Å². The standard InChI is InChI=1S/C58H32OS/c1-2-17-35(18-3-1)52-36-19-4-6-21-38(36)54(39-22-7-5-20-37(39)52)46-28-14-31-48-57(46)58-47(29-15-32-49(58)59-48)55-42-25-10-8-23-40(42)53(41-24-9-11-26-43(41)55)45-30-16-34-51-56(45)44-27-12-13-33-50(44)60-51/h1-11,13-26,28-34H. The molecule has 2 heterocycles.